The molecule has 8 rings (SSSR count). The lowest BCUT2D eigenvalue weighted by Gasteiger charge is -2.32. The summed E-state index contributed by atoms with van der Waals surface area (Å²) in [6.07, 6.45) is 4.84. The Balaban J connectivity index is 0.000000255. The first-order valence-corrected chi connectivity index (χ1v) is 16.5. The lowest BCUT2D eigenvalue weighted by Crippen LogP contribution is -2.41. The zero-order valence-corrected chi connectivity index (χ0v) is 26.8. The molecular weight excluding hydrogens is 594 g/mol. The van der Waals surface area contributed by atoms with E-state index in [2.05, 4.69) is 106 Å². The van der Waals surface area contributed by atoms with E-state index in [0.29, 0.717) is 19.2 Å². The van der Waals surface area contributed by atoms with Gasteiger partial charge in [0.25, 0.3) is 0 Å². The molecule has 0 spiro atoms. The van der Waals surface area contributed by atoms with Crippen LogP contribution in [0.4, 0.5) is 0 Å². The molecule has 2 atom stereocenters. The van der Waals surface area contributed by atoms with E-state index in [1.807, 2.05) is 48.8 Å². The minimum absolute atomic E-state index is 0.0678. The van der Waals surface area contributed by atoms with Crippen LogP contribution in [0.5, 0.6) is 6.01 Å². The van der Waals surface area contributed by atoms with Crippen molar-refractivity contribution in [1.29, 1.82) is 0 Å². The summed E-state index contributed by atoms with van der Waals surface area (Å²) in [4.78, 5) is 9.02. The summed E-state index contributed by atoms with van der Waals surface area (Å²) in [5, 5.41) is 19.7. The van der Waals surface area contributed by atoms with Gasteiger partial charge in [0.2, 0.25) is 0 Å². The Labute approximate surface area is 281 Å². The largest absolute Gasteiger partial charge is 0.459 e. The van der Waals surface area contributed by atoms with Gasteiger partial charge < -0.3 is 19.9 Å². The van der Waals surface area contributed by atoms with Gasteiger partial charge in [0, 0.05) is 24.9 Å². The zero-order chi connectivity index (χ0) is 32.5. The normalized spacial score (nSPS) is 16.0. The van der Waals surface area contributed by atoms with Crippen LogP contribution in [0.2, 0.25) is 0 Å². The second kappa shape index (κ2) is 15.2. The summed E-state index contributed by atoms with van der Waals surface area (Å²) in [5.74, 6) is 0.251. The summed E-state index contributed by atoms with van der Waals surface area (Å²) in [5.41, 5.74) is 4.35. The van der Waals surface area contributed by atoms with Gasteiger partial charge in [0.15, 0.2) is 0 Å². The molecule has 0 radical (unpaired) electrons. The predicted molar refractivity (Wildman–Crippen MR) is 193 cm³/mol. The van der Waals surface area contributed by atoms with Crippen LogP contribution in [0, 0.1) is 0 Å². The highest BCUT2D eigenvalue weighted by atomic mass is 16.5. The van der Waals surface area contributed by atoms with Crippen molar-refractivity contribution in [1.82, 2.24) is 15.3 Å². The average Bonchev–Trinajstić information content (AvgIpc) is 3.16. The number of fused-ring (bicyclic) bond motifs is 3. The van der Waals surface area contributed by atoms with Crippen LogP contribution in [-0.4, -0.2) is 34.3 Å². The van der Waals surface area contributed by atoms with E-state index in [4.69, 9.17) is 14.6 Å². The van der Waals surface area contributed by atoms with Crippen molar-refractivity contribution in [2.24, 2.45) is 0 Å². The molecule has 1 aliphatic rings. The summed E-state index contributed by atoms with van der Waals surface area (Å²) in [6, 6.07) is 44.1. The summed E-state index contributed by atoms with van der Waals surface area (Å²) >= 11 is 0. The molecule has 2 heterocycles. The average molecular weight is 634 g/mol. The molecule has 7 aromatic rings. The molecule has 1 saturated heterocycles. The molecule has 48 heavy (non-hydrogen) atoms. The maximum absolute atomic E-state index is 8.90. The third-order valence-corrected chi connectivity index (χ3v) is 8.96. The van der Waals surface area contributed by atoms with Crippen molar-refractivity contribution in [3.63, 3.8) is 0 Å². The molecule has 1 fully saturated rings. The molecule has 2 N–H and O–H groups in total. The number of hydrogen-bond donors (Lipinski definition) is 2. The third kappa shape index (κ3) is 7.69. The van der Waals surface area contributed by atoms with E-state index >= 15 is 0 Å². The van der Waals surface area contributed by atoms with Crippen molar-refractivity contribution in [2.45, 2.75) is 38.3 Å². The van der Waals surface area contributed by atoms with E-state index < -0.39 is 0 Å². The van der Waals surface area contributed by atoms with Gasteiger partial charge in [0.1, 0.15) is 6.61 Å². The third-order valence-electron chi connectivity index (χ3n) is 8.96. The Hall–Kier alpha value is -5.14. The molecule has 2 unspecified atom stereocenters. The fraction of sp³-hybridized carbons (Fsp3) is 0.190. The van der Waals surface area contributed by atoms with Crippen molar-refractivity contribution in [3.8, 4) is 6.01 Å². The molecule has 0 saturated carbocycles. The SMILES string of the molecule is OCc1ccc2ccccc2c1.c1ccc2cc(COc3ncc(C4CCNCC4OCc4ccc5ccccc5c4)cn3)ccc2c1. The van der Waals surface area contributed by atoms with Crippen LogP contribution in [-0.2, 0) is 24.6 Å². The maximum Gasteiger partial charge on any atom is 0.316 e. The number of aromatic nitrogens is 2. The molecule has 6 aromatic carbocycles. The first-order chi connectivity index (χ1) is 23.7. The Morgan fingerprint density at radius 2 is 1.10 bits per heavy atom. The number of hydrogen-bond acceptors (Lipinski definition) is 6. The first kappa shape index (κ1) is 31.5. The minimum atomic E-state index is 0.0678. The number of aliphatic hydroxyl groups excluding tert-OH is 1. The molecule has 1 aliphatic heterocycles. The van der Waals surface area contributed by atoms with Gasteiger partial charge in [0.05, 0.1) is 19.3 Å². The summed E-state index contributed by atoms with van der Waals surface area (Å²) in [6.45, 7) is 2.92. The van der Waals surface area contributed by atoms with Crippen LogP contribution in [0.15, 0.2) is 140 Å². The Kier molecular flexibility index (Phi) is 9.95. The van der Waals surface area contributed by atoms with Crippen LogP contribution in [0.3, 0.4) is 0 Å². The minimum Gasteiger partial charge on any atom is -0.459 e. The molecule has 0 bridgehead atoms. The van der Waals surface area contributed by atoms with E-state index in [0.717, 1.165) is 36.2 Å². The number of piperidine rings is 1. The molecular formula is C42H39N3O3. The number of benzene rings is 6. The smallest absolute Gasteiger partial charge is 0.316 e. The molecule has 0 aliphatic carbocycles. The number of nitrogens with zero attached hydrogens (tertiary/aromatic N) is 2. The standard InChI is InChI=1S/C31H29N3O2.C11H10O/c1-3-7-26-15-22(9-11-24(26)5-1)20-35-30-19-32-14-13-29(30)28-17-33-31(34-18-28)36-21-23-10-12-25-6-2-4-8-27(25)16-23;12-8-9-5-6-10-3-1-2-4-11(10)7-9/h1-12,15-18,29-30,32H,13-14,19-21H2;1-7,12H,8H2. The van der Waals surface area contributed by atoms with Crippen molar-refractivity contribution < 1.29 is 14.6 Å². The van der Waals surface area contributed by atoms with Crippen molar-refractivity contribution in [3.05, 3.63) is 162 Å². The Morgan fingerprint density at radius 3 is 1.67 bits per heavy atom. The zero-order valence-electron chi connectivity index (χ0n) is 26.8. The van der Waals surface area contributed by atoms with Gasteiger partial charge >= 0.3 is 6.01 Å². The van der Waals surface area contributed by atoms with Gasteiger partial charge in [-0.3, -0.25) is 0 Å². The van der Waals surface area contributed by atoms with Crippen molar-refractivity contribution >= 4 is 32.3 Å². The Bertz CT molecular complexity index is 2110. The predicted octanol–water partition coefficient (Wildman–Crippen LogP) is 8.36. The van der Waals surface area contributed by atoms with Crippen LogP contribution in [0.1, 0.15) is 34.6 Å². The highest BCUT2D eigenvalue weighted by Crippen LogP contribution is 2.29. The molecule has 1 aromatic heterocycles. The molecule has 6 heteroatoms. The highest BCUT2D eigenvalue weighted by Gasteiger charge is 2.28. The first-order valence-electron chi connectivity index (χ1n) is 16.5. The van der Waals surface area contributed by atoms with E-state index in [1.165, 1.54) is 37.9 Å². The van der Waals surface area contributed by atoms with Gasteiger partial charge in [-0.1, -0.05) is 109 Å². The topological polar surface area (TPSA) is 76.5 Å². The van der Waals surface area contributed by atoms with E-state index in [1.54, 1.807) is 0 Å². The number of rotatable bonds is 8. The van der Waals surface area contributed by atoms with Crippen molar-refractivity contribution in [2.75, 3.05) is 13.1 Å². The summed E-state index contributed by atoms with van der Waals surface area (Å²) in [7, 11) is 0. The van der Waals surface area contributed by atoms with Crippen LogP contribution in [0.25, 0.3) is 32.3 Å². The second-order valence-corrected chi connectivity index (χ2v) is 12.2. The van der Waals surface area contributed by atoms with Gasteiger partial charge in [-0.05, 0) is 85.7 Å². The highest BCUT2D eigenvalue weighted by molar-refractivity contribution is 5.84. The van der Waals surface area contributed by atoms with Gasteiger partial charge in [-0.2, -0.15) is 0 Å². The maximum atomic E-state index is 8.90. The van der Waals surface area contributed by atoms with Crippen LogP contribution < -0.4 is 10.1 Å². The summed E-state index contributed by atoms with van der Waals surface area (Å²) < 4.78 is 12.3. The molecule has 6 nitrogen and oxygen atoms in total. The number of ether oxygens (including phenoxy) is 2. The molecule has 0 amide bonds. The Morgan fingerprint density at radius 1 is 0.604 bits per heavy atom. The molecule has 240 valence electrons. The lowest BCUT2D eigenvalue weighted by molar-refractivity contribution is 0.0105. The monoisotopic (exact) mass is 633 g/mol. The quantitative estimate of drug-likeness (QED) is 0.175. The van der Waals surface area contributed by atoms with Crippen LogP contribution >= 0.6 is 0 Å². The van der Waals surface area contributed by atoms with E-state index in [-0.39, 0.29) is 18.6 Å². The van der Waals surface area contributed by atoms with E-state index in [9.17, 15) is 0 Å². The van der Waals surface area contributed by atoms with Gasteiger partial charge in [-0.25, -0.2) is 9.97 Å². The lowest BCUT2D eigenvalue weighted by atomic mass is 9.89. The fourth-order valence-electron chi connectivity index (χ4n) is 6.32. The van der Waals surface area contributed by atoms with Gasteiger partial charge in [-0.15, -0.1) is 0 Å². The number of nitrogens with one attached hydrogen (secondary N) is 1. The number of aliphatic hydroxyl groups is 1. The second-order valence-electron chi connectivity index (χ2n) is 12.2. The fourth-order valence-corrected chi connectivity index (χ4v) is 6.32.